The van der Waals surface area contributed by atoms with E-state index in [1.165, 1.54) is 74.5 Å². The number of rotatable bonds is 10. The molecule has 0 atom stereocenters. The summed E-state index contributed by atoms with van der Waals surface area (Å²) in [5.74, 6) is 0. The van der Waals surface area contributed by atoms with Crippen LogP contribution in [0.4, 0.5) is 0 Å². The fourth-order valence-electron chi connectivity index (χ4n) is 2.96. The van der Waals surface area contributed by atoms with Crippen molar-refractivity contribution in [2.45, 2.75) is 64.7 Å². The Morgan fingerprint density at radius 2 is 1.09 bits per heavy atom. The summed E-state index contributed by atoms with van der Waals surface area (Å²) in [6, 6.07) is 19.7. The highest BCUT2D eigenvalue weighted by atomic mass is 79.9. The van der Waals surface area contributed by atoms with E-state index in [1.807, 2.05) is 0 Å². The van der Waals surface area contributed by atoms with Crippen LogP contribution >= 0.6 is 0 Å². The minimum absolute atomic E-state index is 0. The number of hydrogen-bond acceptors (Lipinski definition) is 0. The zero-order valence-corrected chi connectivity index (χ0v) is 16.0. The molecule has 0 aliphatic carbocycles. The van der Waals surface area contributed by atoms with Gasteiger partial charge in [0.1, 0.15) is 0 Å². The molecule has 0 aromatic heterocycles. The molecule has 0 heterocycles. The fourth-order valence-corrected chi connectivity index (χ4v) is 2.96. The van der Waals surface area contributed by atoms with Gasteiger partial charge in [0, 0.05) is 0 Å². The van der Waals surface area contributed by atoms with Crippen LogP contribution in [0, 0.1) is 0 Å². The van der Waals surface area contributed by atoms with E-state index in [2.05, 4.69) is 61.5 Å². The predicted molar refractivity (Wildman–Crippen MR) is 98.2 cm³/mol. The Hall–Kier alpha value is -1.08. The standard InChI is InChI=1S/C22H30.BrH/c1-2-3-4-5-6-7-8-10-13-20-16-18-22(19-17-20)21-14-11-9-12-15-21;/h9,11-12,14-19H,2-8,10,13H2,1H3;1H/p-1. The first-order valence-electron chi connectivity index (χ1n) is 9.04. The zero-order valence-electron chi connectivity index (χ0n) is 14.4. The first-order chi connectivity index (χ1) is 10.9. The summed E-state index contributed by atoms with van der Waals surface area (Å²) in [4.78, 5) is 0. The maximum absolute atomic E-state index is 2.30. The van der Waals surface area contributed by atoms with E-state index in [1.54, 1.807) is 0 Å². The molecule has 23 heavy (non-hydrogen) atoms. The summed E-state index contributed by atoms with van der Waals surface area (Å²) < 4.78 is 0. The molecule has 2 rings (SSSR count). The summed E-state index contributed by atoms with van der Waals surface area (Å²) >= 11 is 0. The third-order valence-electron chi connectivity index (χ3n) is 4.38. The normalized spacial score (nSPS) is 10.3. The smallest absolute Gasteiger partial charge is 0.0184 e. The van der Waals surface area contributed by atoms with Crippen molar-refractivity contribution in [3.63, 3.8) is 0 Å². The second kappa shape index (κ2) is 12.4. The minimum Gasteiger partial charge on any atom is -1.00 e. The molecule has 0 aliphatic heterocycles. The van der Waals surface area contributed by atoms with Crippen LogP contribution in [0.5, 0.6) is 0 Å². The van der Waals surface area contributed by atoms with Crippen LogP contribution in [0.15, 0.2) is 54.6 Å². The highest BCUT2D eigenvalue weighted by Gasteiger charge is 1.98. The van der Waals surface area contributed by atoms with E-state index in [0.29, 0.717) is 0 Å². The Bertz CT molecular complexity index is 501. The predicted octanol–water partition coefficient (Wildman–Crippen LogP) is 4.04. The molecule has 0 bridgehead atoms. The van der Waals surface area contributed by atoms with E-state index < -0.39 is 0 Å². The molecule has 0 unspecified atom stereocenters. The molecule has 0 saturated heterocycles. The first kappa shape index (κ1) is 20.0. The largest absolute Gasteiger partial charge is 1.00 e. The van der Waals surface area contributed by atoms with Crippen molar-refractivity contribution in [3.8, 4) is 11.1 Å². The monoisotopic (exact) mass is 373 g/mol. The van der Waals surface area contributed by atoms with Crippen molar-refractivity contribution in [3.05, 3.63) is 60.2 Å². The number of aryl methyl sites for hydroxylation is 1. The van der Waals surface area contributed by atoms with Crippen molar-refractivity contribution in [2.24, 2.45) is 0 Å². The molecule has 0 saturated carbocycles. The lowest BCUT2D eigenvalue weighted by Gasteiger charge is -2.05. The molecule has 0 aliphatic rings. The van der Waals surface area contributed by atoms with E-state index in [9.17, 15) is 0 Å². The van der Waals surface area contributed by atoms with Gasteiger partial charge in [0.15, 0.2) is 0 Å². The maximum Gasteiger partial charge on any atom is -0.0184 e. The first-order valence-corrected chi connectivity index (χ1v) is 9.04. The van der Waals surface area contributed by atoms with Gasteiger partial charge in [-0.05, 0) is 29.5 Å². The second-order valence-electron chi connectivity index (χ2n) is 6.29. The summed E-state index contributed by atoms with van der Waals surface area (Å²) in [7, 11) is 0. The molecule has 0 radical (unpaired) electrons. The van der Waals surface area contributed by atoms with Gasteiger partial charge < -0.3 is 17.0 Å². The Morgan fingerprint density at radius 3 is 1.70 bits per heavy atom. The van der Waals surface area contributed by atoms with Crippen molar-refractivity contribution in [1.29, 1.82) is 0 Å². The van der Waals surface area contributed by atoms with Crippen molar-refractivity contribution < 1.29 is 17.0 Å². The van der Waals surface area contributed by atoms with Gasteiger partial charge in [0.25, 0.3) is 0 Å². The third kappa shape index (κ3) is 7.83. The van der Waals surface area contributed by atoms with Gasteiger partial charge in [-0.3, -0.25) is 0 Å². The van der Waals surface area contributed by atoms with E-state index in [-0.39, 0.29) is 17.0 Å². The van der Waals surface area contributed by atoms with Gasteiger partial charge in [-0.25, -0.2) is 0 Å². The highest BCUT2D eigenvalue weighted by Crippen LogP contribution is 2.20. The average Bonchev–Trinajstić information content (AvgIpc) is 2.59. The van der Waals surface area contributed by atoms with Gasteiger partial charge in [-0.1, -0.05) is 106 Å². The topological polar surface area (TPSA) is 0 Å². The van der Waals surface area contributed by atoms with Gasteiger partial charge in [0.05, 0.1) is 0 Å². The molecule has 0 spiro atoms. The lowest BCUT2D eigenvalue weighted by molar-refractivity contribution is -0.00000458. The van der Waals surface area contributed by atoms with Crippen LogP contribution in [0.25, 0.3) is 11.1 Å². The molecular formula is C22H30Br-. The molecule has 2 aromatic carbocycles. The van der Waals surface area contributed by atoms with Crippen LogP contribution in [0.3, 0.4) is 0 Å². The molecule has 0 nitrogen and oxygen atoms in total. The molecule has 0 N–H and O–H groups in total. The Kier molecular flexibility index (Phi) is 10.7. The molecule has 2 aromatic rings. The van der Waals surface area contributed by atoms with Crippen molar-refractivity contribution in [2.75, 3.05) is 0 Å². The Balaban J connectivity index is 0.00000264. The van der Waals surface area contributed by atoms with E-state index in [0.717, 1.165) is 0 Å². The summed E-state index contributed by atoms with van der Waals surface area (Å²) in [6.45, 7) is 2.28. The van der Waals surface area contributed by atoms with Crippen LogP contribution in [0.2, 0.25) is 0 Å². The second-order valence-corrected chi connectivity index (χ2v) is 6.29. The van der Waals surface area contributed by atoms with Crippen LogP contribution in [-0.4, -0.2) is 0 Å². The van der Waals surface area contributed by atoms with Crippen molar-refractivity contribution >= 4 is 0 Å². The lowest BCUT2D eigenvalue weighted by Crippen LogP contribution is -3.00. The van der Waals surface area contributed by atoms with Gasteiger partial charge in [-0.2, -0.15) is 0 Å². The van der Waals surface area contributed by atoms with Crippen molar-refractivity contribution in [1.82, 2.24) is 0 Å². The quantitative estimate of drug-likeness (QED) is 0.551. The number of halogens is 1. The van der Waals surface area contributed by atoms with Crippen LogP contribution in [-0.2, 0) is 6.42 Å². The summed E-state index contributed by atoms with van der Waals surface area (Å²) in [6.07, 6.45) is 12.4. The SMILES string of the molecule is CCCCCCCCCCc1ccc(-c2ccccc2)cc1.[Br-]. The number of unbranched alkanes of at least 4 members (excludes halogenated alkanes) is 7. The number of benzene rings is 2. The molecular weight excluding hydrogens is 344 g/mol. The van der Waals surface area contributed by atoms with Gasteiger partial charge in [-0.15, -0.1) is 0 Å². The van der Waals surface area contributed by atoms with Crippen LogP contribution in [0.1, 0.15) is 63.9 Å². The molecule has 1 heteroatoms. The fraction of sp³-hybridized carbons (Fsp3) is 0.455. The van der Waals surface area contributed by atoms with Crippen LogP contribution < -0.4 is 17.0 Å². The summed E-state index contributed by atoms with van der Waals surface area (Å²) in [5, 5.41) is 0. The Labute approximate surface area is 153 Å². The summed E-state index contributed by atoms with van der Waals surface area (Å²) in [5.41, 5.74) is 4.10. The lowest BCUT2D eigenvalue weighted by atomic mass is 10.0. The van der Waals surface area contributed by atoms with E-state index in [4.69, 9.17) is 0 Å². The van der Waals surface area contributed by atoms with Gasteiger partial charge in [0.2, 0.25) is 0 Å². The average molecular weight is 374 g/mol. The van der Waals surface area contributed by atoms with Gasteiger partial charge >= 0.3 is 0 Å². The molecule has 126 valence electrons. The zero-order chi connectivity index (χ0) is 15.5. The maximum atomic E-state index is 2.30. The van der Waals surface area contributed by atoms with E-state index >= 15 is 0 Å². The molecule has 0 amide bonds. The minimum atomic E-state index is 0. The highest BCUT2D eigenvalue weighted by molar-refractivity contribution is 5.63. The Morgan fingerprint density at radius 1 is 0.565 bits per heavy atom. The number of hydrogen-bond donors (Lipinski definition) is 0. The third-order valence-corrected chi connectivity index (χ3v) is 4.38. The molecule has 0 fully saturated rings.